The zero-order valence-corrected chi connectivity index (χ0v) is 14.7. The van der Waals surface area contributed by atoms with E-state index in [-0.39, 0.29) is 0 Å². The Morgan fingerprint density at radius 2 is 1.67 bits per heavy atom. The molecule has 0 aliphatic carbocycles. The Balaban J connectivity index is 2.74. The van der Waals surface area contributed by atoms with Crippen LogP contribution in [0.15, 0.2) is 24.3 Å². The van der Waals surface area contributed by atoms with Gasteiger partial charge in [0.25, 0.3) is 0 Å². The molecule has 120 valence electrons. The van der Waals surface area contributed by atoms with Crippen molar-refractivity contribution >= 4 is 5.69 Å². The largest absolute Gasteiger partial charge is 0.368 e. The van der Waals surface area contributed by atoms with E-state index in [1.54, 1.807) is 0 Å². The van der Waals surface area contributed by atoms with Gasteiger partial charge >= 0.3 is 0 Å². The zero-order valence-electron chi connectivity index (χ0n) is 14.7. The van der Waals surface area contributed by atoms with E-state index in [1.807, 2.05) is 0 Å². The molecule has 0 saturated heterocycles. The molecule has 0 radical (unpaired) electrons. The van der Waals surface area contributed by atoms with E-state index in [2.05, 4.69) is 81.2 Å². The molecule has 0 aliphatic rings. The number of hydrogen-bond donors (Lipinski definition) is 1. The predicted octanol–water partition coefficient (Wildman–Crippen LogP) is 3.52. The van der Waals surface area contributed by atoms with E-state index in [9.17, 15) is 0 Å². The first kappa shape index (κ1) is 18.0. The maximum absolute atomic E-state index is 3.54. The van der Waals surface area contributed by atoms with Crippen molar-refractivity contribution in [3.8, 4) is 0 Å². The molecule has 2 atom stereocenters. The van der Waals surface area contributed by atoms with Gasteiger partial charge < -0.3 is 15.1 Å². The van der Waals surface area contributed by atoms with Gasteiger partial charge in [-0.25, -0.2) is 0 Å². The molecular weight excluding hydrogens is 258 g/mol. The molecule has 0 bridgehead atoms. The second-order valence-electron chi connectivity index (χ2n) is 6.16. The Hall–Kier alpha value is -1.06. The van der Waals surface area contributed by atoms with Crippen LogP contribution in [0.5, 0.6) is 0 Å². The number of nitrogens with one attached hydrogen (secondary N) is 1. The van der Waals surface area contributed by atoms with E-state index >= 15 is 0 Å². The van der Waals surface area contributed by atoms with Gasteiger partial charge in [-0.2, -0.15) is 0 Å². The van der Waals surface area contributed by atoms with Gasteiger partial charge in [0.1, 0.15) is 0 Å². The van der Waals surface area contributed by atoms with Crippen molar-refractivity contribution in [2.45, 2.75) is 46.2 Å². The average Bonchev–Trinajstić information content (AvgIpc) is 2.45. The fourth-order valence-corrected chi connectivity index (χ4v) is 2.81. The average molecular weight is 291 g/mol. The SMILES string of the molecule is CCCNC(C)c1ccc(N(CC)C(C)CN(C)C)cc1. The van der Waals surface area contributed by atoms with Crippen molar-refractivity contribution in [1.29, 1.82) is 0 Å². The first-order valence-electron chi connectivity index (χ1n) is 8.24. The summed E-state index contributed by atoms with van der Waals surface area (Å²) in [5.74, 6) is 0. The topological polar surface area (TPSA) is 18.5 Å². The molecule has 1 aromatic rings. The predicted molar refractivity (Wildman–Crippen MR) is 94.2 cm³/mol. The first-order chi connectivity index (χ1) is 9.99. The van der Waals surface area contributed by atoms with Crippen LogP contribution in [0.3, 0.4) is 0 Å². The molecule has 0 saturated carbocycles. The normalized spacial score (nSPS) is 14.2. The van der Waals surface area contributed by atoms with E-state index in [4.69, 9.17) is 0 Å². The number of hydrogen-bond acceptors (Lipinski definition) is 3. The molecule has 1 rings (SSSR count). The van der Waals surface area contributed by atoms with Crippen molar-refractivity contribution in [1.82, 2.24) is 10.2 Å². The molecule has 21 heavy (non-hydrogen) atoms. The highest BCUT2D eigenvalue weighted by Gasteiger charge is 2.14. The molecule has 0 heterocycles. The standard InChI is InChI=1S/C18H33N3/c1-7-13-19-16(4)17-9-11-18(12-10-17)21(8-2)15(3)14-20(5)6/h9-12,15-16,19H,7-8,13-14H2,1-6H3. The lowest BCUT2D eigenvalue weighted by molar-refractivity contribution is 0.373. The van der Waals surface area contributed by atoms with Crippen molar-refractivity contribution in [2.24, 2.45) is 0 Å². The van der Waals surface area contributed by atoms with Gasteiger partial charge in [-0.1, -0.05) is 19.1 Å². The van der Waals surface area contributed by atoms with Crippen LogP contribution in [0.25, 0.3) is 0 Å². The Morgan fingerprint density at radius 3 is 2.14 bits per heavy atom. The molecule has 3 nitrogen and oxygen atoms in total. The summed E-state index contributed by atoms with van der Waals surface area (Å²) in [5, 5.41) is 3.54. The van der Waals surface area contributed by atoms with Gasteiger partial charge in [0.2, 0.25) is 0 Å². The van der Waals surface area contributed by atoms with Crippen molar-refractivity contribution in [3.05, 3.63) is 29.8 Å². The first-order valence-corrected chi connectivity index (χ1v) is 8.24. The Labute approximate surface area is 131 Å². The lowest BCUT2D eigenvalue weighted by atomic mass is 10.1. The summed E-state index contributed by atoms with van der Waals surface area (Å²) in [4.78, 5) is 4.71. The fourth-order valence-electron chi connectivity index (χ4n) is 2.81. The van der Waals surface area contributed by atoms with Crippen molar-refractivity contribution < 1.29 is 0 Å². The Kier molecular flexibility index (Phi) is 7.76. The third-order valence-corrected chi connectivity index (χ3v) is 3.93. The highest BCUT2D eigenvalue weighted by atomic mass is 15.2. The van der Waals surface area contributed by atoms with E-state index < -0.39 is 0 Å². The van der Waals surface area contributed by atoms with Gasteiger partial charge in [-0.15, -0.1) is 0 Å². The van der Waals surface area contributed by atoms with Gasteiger partial charge in [-0.05, 0) is 65.5 Å². The van der Waals surface area contributed by atoms with E-state index in [1.165, 1.54) is 17.7 Å². The van der Waals surface area contributed by atoms with Crippen LogP contribution in [0.4, 0.5) is 5.69 Å². The molecule has 1 aromatic carbocycles. The van der Waals surface area contributed by atoms with Crippen LogP contribution >= 0.6 is 0 Å². The maximum Gasteiger partial charge on any atom is 0.0388 e. The maximum atomic E-state index is 3.54. The van der Waals surface area contributed by atoms with Crippen molar-refractivity contribution in [3.63, 3.8) is 0 Å². The number of anilines is 1. The third kappa shape index (κ3) is 5.68. The molecule has 0 aromatic heterocycles. The van der Waals surface area contributed by atoms with Crippen LogP contribution in [-0.2, 0) is 0 Å². The lowest BCUT2D eigenvalue weighted by Crippen LogP contribution is -2.40. The third-order valence-electron chi connectivity index (χ3n) is 3.93. The molecule has 0 spiro atoms. The minimum atomic E-state index is 0.424. The number of benzene rings is 1. The molecular formula is C18H33N3. The van der Waals surface area contributed by atoms with Crippen LogP contribution < -0.4 is 10.2 Å². The fraction of sp³-hybridized carbons (Fsp3) is 0.667. The summed E-state index contributed by atoms with van der Waals surface area (Å²) < 4.78 is 0. The summed E-state index contributed by atoms with van der Waals surface area (Å²) in [6.07, 6.45) is 1.17. The monoisotopic (exact) mass is 291 g/mol. The lowest BCUT2D eigenvalue weighted by Gasteiger charge is -2.32. The van der Waals surface area contributed by atoms with Crippen LogP contribution in [0, 0.1) is 0 Å². The van der Waals surface area contributed by atoms with Gasteiger partial charge in [-0.3, -0.25) is 0 Å². The molecule has 0 amide bonds. The minimum Gasteiger partial charge on any atom is -0.368 e. The summed E-state index contributed by atoms with van der Waals surface area (Å²) >= 11 is 0. The smallest absolute Gasteiger partial charge is 0.0388 e. The molecule has 3 heteroatoms. The highest BCUT2D eigenvalue weighted by molar-refractivity contribution is 5.48. The Bertz CT molecular complexity index is 386. The van der Waals surface area contributed by atoms with Gasteiger partial charge in [0.05, 0.1) is 0 Å². The van der Waals surface area contributed by atoms with E-state index in [0.29, 0.717) is 12.1 Å². The van der Waals surface area contributed by atoms with Crippen LogP contribution in [0.1, 0.15) is 45.7 Å². The molecule has 0 aliphatic heterocycles. The number of likely N-dealkylation sites (N-methyl/N-ethyl adjacent to an activating group) is 2. The second kappa shape index (κ2) is 9.06. The van der Waals surface area contributed by atoms with Crippen molar-refractivity contribution in [2.75, 3.05) is 38.6 Å². The summed E-state index contributed by atoms with van der Waals surface area (Å²) in [7, 11) is 4.27. The highest BCUT2D eigenvalue weighted by Crippen LogP contribution is 2.21. The second-order valence-corrected chi connectivity index (χ2v) is 6.16. The minimum absolute atomic E-state index is 0.424. The van der Waals surface area contributed by atoms with Gasteiger partial charge in [0.15, 0.2) is 0 Å². The molecule has 0 fully saturated rings. The summed E-state index contributed by atoms with van der Waals surface area (Å²) in [6.45, 7) is 12.1. The molecule has 1 N–H and O–H groups in total. The number of rotatable bonds is 9. The summed E-state index contributed by atoms with van der Waals surface area (Å²) in [6, 6.07) is 9.98. The van der Waals surface area contributed by atoms with E-state index in [0.717, 1.165) is 19.6 Å². The van der Waals surface area contributed by atoms with Gasteiger partial charge in [0, 0.05) is 30.9 Å². The van der Waals surface area contributed by atoms with Crippen LogP contribution in [0.2, 0.25) is 0 Å². The molecule has 2 unspecified atom stereocenters. The Morgan fingerprint density at radius 1 is 1.05 bits per heavy atom. The zero-order chi connectivity index (χ0) is 15.8. The van der Waals surface area contributed by atoms with Crippen LogP contribution in [-0.4, -0.2) is 44.7 Å². The summed E-state index contributed by atoms with van der Waals surface area (Å²) in [5.41, 5.74) is 2.68. The quantitative estimate of drug-likeness (QED) is 0.751. The number of nitrogens with zero attached hydrogens (tertiary/aromatic N) is 2.